The van der Waals surface area contributed by atoms with Crippen molar-refractivity contribution < 1.29 is 4.79 Å². The third-order valence-electron chi connectivity index (χ3n) is 3.59. The summed E-state index contributed by atoms with van der Waals surface area (Å²) >= 11 is 13.9. The van der Waals surface area contributed by atoms with E-state index in [2.05, 4.69) is 11.4 Å². The van der Waals surface area contributed by atoms with Crippen molar-refractivity contribution >= 4 is 40.4 Å². The van der Waals surface area contributed by atoms with Crippen molar-refractivity contribution in [3.8, 4) is 0 Å². The van der Waals surface area contributed by atoms with E-state index >= 15 is 0 Å². The molecule has 0 aliphatic heterocycles. The van der Waals surface area contributed by atoms with Crippen molar-refractivity contribution in [2.45, 2.75) is 25.3 Å². The first-order valence-corrected chi connectivity index (χ1v) is 8.57. The van der Waals surface area contributed by atoms with Crippen LogP contribution in [0.3, 0.4) is 0 Å². The monoisotopic (exact) mass is 339 g/mol. The molecule has 1 fully saturated rings. The molecule has 0 bridgehead atoms. The number of benzene rings is 1. The molecule has 1 aromatic carbocycles. The molecule has 21 heavy (non-hydrogen) atoms. The number of carbonyl (C=O) groups is 1. The van der Waals surface area contributed by atoms with Gasteiger partial charge in [0.05, 0.1) is 10.6 Å². The minimum absolute atomic E-state index is 0.0124. The maximum atomic E-state index is 12.7. The Morgan fingerprint density at radius 3 is 2.76 bits per heavy atom. The first kappa shape index (κ1) is 14.9. The molecule has 0 spiro atoms. The molecule has 1 aromatic heterocycles. The minimum Gasteiger partial charge on any atom is -0.335 e. The van der Waals surface area contributed by atoms with Gasteiger partial charge in [-0.3, -0.25) is 4.79 Å². The molecular formula is C16H15Cl2NOS. The van der Waals surface area contributed by atoms with Crippen LogP contribution in [0.15, 0.2) is 35.7 Å². The molecule has 5 heteroatoms. The van der Waals surface area contributed by atoms with Gasteiger partial charge in [-0.15, -0.1) is 11.3 Å². The van der Waals surface area contributed by atoms with Gasteiger partial charge in [0.15, 0.2) is 0 Å². The Morgan fingerprint density at radius 2 is 2.10 bits per heavy atom. The van der Waals surface area contributed by atoms with E-state index in [4.69, 9.17) is 23.2 Å². The third-order valence-corrected chi connectivity index (χ3v) is 5.09. The number of amides is 1. The molecule has 0 N–H and O–H groups in total. The third kappa shape index (κ3) is 3.60. The van der Waals surface area contributed by atoms with Crippen molar-refractivity contribution in [3.05, 3.63) is 56.2 Å². The van der Waals surface area contributed by atoms with Gasteiger partial charge in [0.25, 0.3) is 5.91 Å². The van der Waals surface area contributed by atoms with Crippen molar-refractivity contribution in [2.75, 3.05) is 6.54 Å². The van der Waals surface area contributed by atoms with E-state index in [1.807, 2.05) is 11.0 Å². The summed E-state index contributed by atoms with van der Waals surface area (Å²) in [7, 11) is 0. The van der Waals surface area contributed by atoms with E-state index in [1.54, 1.807) is 29.5 Å². The van der Waals surface area contributed by atoms with Crippen LogP contribution in [0.25, 0.3) is 0 Å². The number of halogens is 2. The summed E-state index contributed by atoms with van der Waals surface area (Å²) < 4.78 is 0. The van der Waals surface area contributed by atoms with E-state index in [1.165, 1.54) is 4.88 Å². The van der Waals surface area contributed by atoms with Gasteiger partial charge in [0, 0.05) is 22.5 Å². The molecule has 0 atom stereocenters. The van der Waals surface area contributed by atoms with Gasteiger partial charge in [0.1, 0.15) is 0 Å². The van der Waals surface area contributed by atoms with Crippen LogP contribution in [-0.2, 0) is 6.42 Å². The lowest BCUT2D eigenvalue weighted by Crippen LogP contribution is -2.35. The molecule has 1 aliphatic carbocycles. The maximum absolute atomic E-state index is 12.7. The van der Waals surface area contributed by atoms with E-state index < -0.39 is 0 Å². The summed E-state index contributed by atoms with van der Waals surface area (Å²) in [6, 6.07) is 9.54. The molecule has 110 valence electrons. The van der Waals surface area contributed by atoms with E-state index in [-0.39, 0.29) is 5.91 Å². The second-order valence-electron chi connectivity index (χ2n) is 5.18. The van der Waals surface area contributed by atoms with Crippen LogP contribution in [0.1, 0.15) is 28.1 Å². The summed E-state index contributed by atoms with van der Waals surface area (Å²) in [5, 5.41) is 3.06. The normalized spacial score (nSPS) is 14.2. The summed E-state index contributed by atoms with van der Waals surface area (Å²) in [6.07, 6.45) is 3.04. The molecule has 0 saturated heterocycles. The number of hydrogen-bond acceptors (Lipinski definition) is 2. The molecule has 1 aliphatic rings. The highest BCUT2D eigenvalue weighted by atomic mass is 35.5. The van der Waals surface area contributed by atoms with Gasteiger partial charge in [-0.1, -0.05) is 29.3 Å². The number of thiophene rings is 1. The number of hydrogen-bond donors (Lipinski definition) is 0. The van der Waals surface area contributed by atoms with Crippen LogP contribution < -0.4 is 0 Å². The first-order valence-electron chi connectivity index (χ1n) is 6.93. The molecule has 2 nitrogen and oxygen atoms in total. The number of nitrogens with zero attached hydrogens (tertiary/aromatic N) is 1. The van der Waals surface area contributed by atoms with Crippen LogP contribution in [0.5, 0.6) is 0 Å². The van der Waals surface area contributed by atoms with Gasteiger partial charge in [0.2, 0.25) is 0 Å². The van der Waals surface area contributed by atoms with Crippen LogP contribution >= 0.6 is 34.5 Å². The van der Waals surface area contributed by atoms with Gasteiger partial charge in [-0.05, 0) is 48.9 Å². The SMILES string of the molecule is O=C(c1cc(Cl)ccc1Cl)N(CCc1cccs1)C1CC1. The zero-order chi connectivity index (χ0) is 14.8. The first-order chi connectivity index (χ1) is 10.1. The number of rotatable bonds is 5. The molecule has 1 heterocycles. The Balaban J connectivity index is 1.77. The fourth-order valence-corrected chi connectivity index (χ4v) is 3.41. The van der Waals surface area contributed by atoms with Crippen molar-refractivity contribution in [1.29, 1.82) is 0 Å². The lowest BCUT2D eigenvalue weighted by molar-refractivity contribution is 0.0745. The topological polar surface area (TPSA) is 20.3 Å². The summed E-state index contributed by atoms with van der Waals surface area (Å²) in [6.45, 7) is 0.729. The van der Waals surface area contributed by atoms with E-state index in [0.717, 1.165) is 25.8 Å². The zero-order valence-corrected chi connectivity index (χ0v) is 13.7. The standard InChI is InChI=1S/C16H15Cl2NOS/c17-11-3-6-15(18)14(10-11)16(20)19(12-4-5-12)8-7-13-2-1-9-21-13/h1-3,6,9-10,12H,4-5,7-8H2. The Hall–Kier alpha value is -1.03. The smallest absolute Gasteiger partial charge is 0.255 e. The van der Waals surface area contributed by atoms with Crippen LogP contribution in [0, 0.1) is 0 Å². The van der Waals surface area contributed by atoms with Crippen molar-refractivity contribution in [2.24, 2.45) is 0 Å². The lowest BCUT2D eigenvalue weighted by Gasteiger charge is -2.23. The molecule has 1 saturated carbocycles. The Bertz CT molecular complexity index is 638. The Kier molecular flexibility index (Phi) is 4.53. The van der Waals surface area contributed by atoms with Crippen LogP contribution in [0.2, 0.25) is 10.0 Å². The molecule has 0 unspecified atom stereocenters. The largest absolute Gasteiger partial charge is 0.335 e. The molecular weight excluding hydrogens is 325 g/mol. The quantitative estimate of drug-likeness (QED) is 0.758. The van der Waals surface area contributed by atoms with Gasteiger partial charge in [-0.25, -0.2) is 0 Å². The predicted molar refractivity (Wildman–Crippen MR) is 88.5 cm³/mol. The predicted octanol–water partition coefficient (Wildman–Crippen LogP) is 4.90. The van der Waals surface area contributed by atoms with Gasteiger partial charge < -0.3 is 4.90 Å². The van der Waals surface area contributed by atoms with Gasteiger partial charge >= 0.3 is 0 Å². The second kappa shape index (κ2) is 6.39. The molecule has 2 aromatic rings. The van der Waals surface area contributed by atoms with Gasteiger partial charge in [-0.2, -0.15) is 0 Å². The van der Waals surface area contributed by atoms with Crippen molar-refractivity contribution in [1.82, 2.24) is 4.90 Å². The van der Waals surface area contributed by atoms with Crippen LogP contribution in [-0.4, -0.2) is 23.4 Å². The molecule has 3 rings (SSSR count). The average Bonchev–Trinajstić information content (AvgIpc) is 3.17. The lowest BCUT2D eigenvalue weighted by atomic mass is 10.2. The van der Waals surface area contributed by atoms with E-state index in [9.17, 15) is 4.79 Å². The fourth-order valence-electron chi connectivity index (χ4n) is 2.34. The Labute approximate surface area is 138 Å². The highest BCUT2D eigenvalue weighted by molar-refractivity contribution is 7.09. The maximum Gasteiger partial charge on any atom is 0.255 e. The fraction of sp³-hybridized carbons (Fsp3) is 0.312. The molecule has 1 amide bonds. The zero-order valence-electron chi connectivity index (χ0n) is 11.4. The average molecular weight is 340 g/mol. The Morgan fingerprint density at radius 1 is 1.29 bits per heavy atom. The summed E-state index contributed by atoms with van der Waals surface area (Å²) in [5.41, 5.74) is 0.502. The summed E-state index contributed by atoms with van der Waals surface area (Å²) in [5.74, 6) is -0.0124. The highest BCUT2D eigenvalue weighted by Crippen LogP contribution is 2.31. The van der Waals surface area contributed by atoms with Crippen LogP contribution in [0.4, 0.5) is 0 Å². The minimum atomic E-state index is -0.0124. The second-order valence-corrected chi connectivity index (χ2v) is 7.06. The molecule has 0 radical (unpaired) electrons. The van der Waals surface area contributed by atoms with E-state index in [0.29, 0.717) is 21.7 Å². The number of carbonyl (C=O) groups excluding carboxylic acids is 1. The summed E-state index contributed by atoms with van der Waals surface area (Å²) in [4.78, 5) is 16.0. The van der Waals surface area contributed by atoms with Crippen molar-refractivity contribution in [3.63, 3.8) is 0 Å². The highest BCUT2D eigenvalue weighted by Gasteiger charge is 2.33.